The van der Waals surface area contributed by atoms with E-state index in [1.807, 2.05) is 45.0 Å². The topological polar surface area (TPSA) is 58.2 Å². The monoisotopic (exact) mass is 326 g/mol. The van der Waals surface area contributed by atoms with Gasteiger partial charge in [-0.05, 0) is 56.2 Å². The number of aryl methyl sites for hydroxylation is 1. The number of thioether (sulfide) groups is 1. The van der Waals surface area contributed by atoms with Crippen molar-refractivity contribution in [2.45, 2.75) is 30.9 Å². The Bertz CT molecular complexity index is 802. The molecule has 2 aromatic carbocycles. The molecule has 118 valence electrons. The van der Waals surface area contributed by atoms with E-state index in [0.717, 1.165) is 21.7 Å². The van der Waals surface area contributed by atoms with Crippen LogP contribution in [0.15, 0.2) is 41.3 Å². The number of hydrogen-bond donors (Lipinski definition) is 2. The molecule has 0 fully saturated rings. The van der Waals surface area contributed by atoms with Crippen molar-refractivity contribution in [1.82, 2.24) is 0 Å². The van der Waals surface area contributed by atoms with E-state index in [9.17, 15) is 9.59 Å². The number of carbonyl (C=O) groups is 2. The molecule has 3 rings (SSSR count). The lowest BCUT2D eigenvalue weighted by atomic mass is 10.1. The van der Waals surface area contributed by atoms with E-state index in [1.54, 1.807) is 12.1 Å². The van der Waals surface area contributed by atoms with E-state index < -0.39 is 0 Å². The van der Waals surface area contributed by atoms with Gasteiger partial charge in [0.05, 0.1) is 10.9 Å². The van der Waals surface area contributed by atoms with Crippen LogP contribution < -0.4 is 10.6 Å². The molecule has 0 aliphatic carbocycles. The third-order valence-electron chi connectivity index (χ3n) is 4.03. The first kappa shape index (κ1) is 15.6. The van der Waals surface area contributed by atoms with E-state index in [4.69, 9.17) is 0 Å². The van der Waals surface area contributed by atoms with Crippen LogP contribution in [0.3, 0.4) is 0 Å². The Morgan fingerprint density at radius 1 is 1.22 bits per heavy atom. The van der Waals surface area contributed by atoms with Crippen LogP contribution in [-0.2, 0) is 4.79 Å². The van der Waals surface area contributed by atoms with E-state index in [-0.39, 0.29) is 17.1 Å². The summed E-state index contributed by atoms with van der Waals surface area (Å²) in [4.78, 5) is 25.2. The number of anilines is 2. The Morgan fingerprint density at radius 3 is 2.78 bits per heavy atom. The molecule has 1 aliphatic heterocycles. The van der Waals surface area contributed by atoms with Crippen LogP contribution >= 0.6 is 11.8 Å². The van der Waals surface area contributed by atoms with E-state index in [0.29, 0.717) is 11.3 Å². The largest absolute Gasteiger partial charge is 0.324 e. The van der Waals surface area contributed by atoms with Crippen molar-refractivity contribution >= 4 is 35.0 Å². The minimum absolute atomic E-state index is 0.0328. The molecule has 0 aromatic heterocycles. The first-order chi connectivity index (χ1) is 11.0. The maximum Gasteiger partial charge on any atom is 0.255 e. The summed E-state index contributed by atoms with van der Waals surface area (Å²) in [7, 11) is 0. The Kier molecular flexibility index (Phi) is 4.13. The number of benzene rings is 2. The van der Waals surface area contributed by atoms with Gasteiger partial charge in [-0.3, -0.25) is 9.59 Å². The summed E-state index contributed by atoms with van der Waals surface area (Å²) in [5.74, 6) is -0.214. The van der Waals surface area contributed by atoms with Gasteiger partial charge in [0.1, 0.15) is 0 Å². The molecule has 1 aliphatic rings. The molecule has 0 saturated carbocycles. The van der Waals surface area contributed by atoms with Gasteiger partial charge in [0.15, 0.2) is 0 Å². The van der Waals surface area contributed by atoms with Gasteiger partial charge in [0, 0.05) is 16.1 Å². The summed E-state index contributed by atoms with van der Waals surface area (Å²) in [5, 5.41) is 5.67. The third kappa shape index (κ3) is 3.10. The summed E-state index contributed by atoms with van der Waals surface area (Å²) in [6.45, 7) is 5.86. The van der Waals surface area contributed by atoms with Crippen molar-refractivity contribution in [3.63, 3.8) is 0 Å². The highest BCUT2D eigenvalue weighted by Gasteiger charge is 2.23. The molecule has 5 heteroatoms. The van der Waals surface area contributed by atoms with Crippen LogP contribution in [0.4, 0.5) is 11.4 Å². The molecule has 1 heterocycles. The summed E-state index contributed by atoms with van der Waals surface area (Å²) in [5.41, 5.74) is 4.22. The highest BCUT2D eigenvalue weighted by atomic mass is 32.2. The van der Waals surface area contributed by atoms with Crippen molar-refractivity contribution in [1.29, 1.82) is 0 Å². The van der Waals surface area contributed by atoms with Gasteiger partial charge >= 0.3 is 0 Å². The summed E-state index contributed by atoms with van der Waals surface area (Å²) >= 11 is 1.51. The Hall–Kier alpha value is -2.27. The van der Waals surface area contributed by atoms with E-state index in [2.05, 4.69) is 10.6 Å². The van der Waals surface area contributed by atoms with E-state index >= 15 is 0 Å². The predicted molar refractivity (Wildman–Crippen MR) is 94.3 cm³/mol. The lowest BCUT2D eigenvalue weighted by molar-refractivity contribution is -0.115. The fourth-order valence-electron chi connectivity index (χ4n) is 2.43. The van der Waals surface area contributed by atoms with Crippen LogP contribution in [0, 0.1) is 13.8 Å². The second kappa shape index (κ2) is 6.08. The lowest BCUT2D eigenvalue weighted by Gasteiger charge is -2.21. The van der Waals surface area contributed by atoms with Crippen molar-refractivity contribution in [3.05, 3.63) is 53.1 Å². The second-order valence-corrected chi connectivity index (χ2v) is 7.04. The zero-order valence-corrected chi connectivity index (χ0v) is 14.1. The zero-order chi connectivity index (χ0) is 16.6. The van der Waals surface area contributed by atoms with Gasteiger partial charge in [-0.2, -0.15) is 0 Å². The van der Waals surface area contributed by atoms with Gasteiger partial charge in [-0.1, -0.05) is 12.1 Å². The number of hydrogen-bond acceptors (Lipinski definition) is 3. The third-order valence-corrected chi connectivity index (χ3v) is 5.20. The molecule has 1 atom stereocenters. The molecule has 0 saturated heterocycles. The van der Waals surface area contributed by atoms with E-state index in [1.165, 1.54) is 11.8 Å². The molecular weight excluding hydrogens is 308 g/mol. The van der Waals surface area contributed by atoms with Crippen molar-refractivity contribution in [2.75, 3.05) is 10.6 Å². The molecule has 2 N–H and O–H groups in total. The first-order valence-corrected chi connectivity index (χ1v) is 8.33. The maximum atomic E-state index is 12.5. The normalized spacial score (nSPS) is 16.5. The van der Waals surface area contributed by atoms with Crippen LogP contribution in [0.1, 0.15) is 28.4 Å². The van der Waals surface area contributed by atoms with Gasteiger partial charge in [0.25, 0.3) is 5.91 Å². The summed E-state index contributed by atoms with van der Waals surface area (Å²) in [6.07, 6.45) is 0. The molecule has 4 nitrogen and oxygen atoms in total. The fourth-order valence-corrected chi connectivity index (χ4v) is 3.36. The summed E-state index contributed by atoms with van der Waals surface area (Å²) < 4.78 is 0. The standard InChI is InChI=1S/C18H18N2O2S/c1-10-5-4-6-14(11(10)2)19-18(22)13-7-8-16-15(9-13)20-17(21)12(3)23-16/h4-9,12H,1-3H3,(H,19,22)(H,20,21)/t12-/m1/s1. The van der Waals surface area contributed by atoms with Crippen LogP contribution in [0.25, 0.3) is 0 Å². The van der Waals surface area contributed by atoms with Crippen molar-refractivity contribution in [2.24, 2.45) is 0 Å². The van der Waals surface area contributed by atoms with Gasteiger partial charge in [0.2, 0.25) is 5.91 Å². The average molecular weight is 326 g/mol. The van der Waals surface area contributed by atoms with Crippen LogP contribution in [0.2, 0.25) is 0 Å². The SMILES string of the molecule is Cc1cccc(NC(=O)c2ccc3c(c2)NC(=O)[C@@H](C)S3)c1C. The lowest BCUT2D eigenvalue weighted by Crippen LogP contribution is -2.26. The average Bonchev–Trinajstić information content (AvgIpc) is 2.52. The first-order valence-electron chi connectivity index (χ1n) is 7.45. The van der Waals surface area contributed by atoms with Gasteiger partial charge < -0.3 is 10.6 Å². The predicted octanol–water partition coefficient (Wildman–Crippen LogP) is 3.99. The number of carbonyl (C=O) groups excluding carboxylic acids is 2. The Morgan fingerprint density at radius 2 is 2.00 bits per heavy atom. The van der Waals surface area contributed by atoms with Crippen LogP contribution in [0.5, 0.6) is 0 Å². The smallest absolute Gasteiger partial charge is 0.255 e. The van der Waals surface area contributed by atoms with Crippen molar-refractivity contribution in [3.8, 4) is 0 Å². The maximum absolute atomic E-state index is 12.5. The molecule has 2 amide bonds. The minimum atomic E-state index is -0.181. The molecule has 0 spiro atoms. The number of nitrogens with one attached hydrogen (secondary N) is 2. The van der Waals surface area contributed by atoms with Crippen molar-refractivity contribution < 1.29 is 9.59 Å². The summed E-state index contributed by atoms with van der Waals surface area (Å²) in [6, 6.07) is 11.2. The fraction of sp³-hybridized carbons (Fsp3) is 0.222. The highest BCUT2D eigenvalue weighted by Crippen LogP contribution is 2.36. The molecular formula is C18H18N2O2S. The number of amides is 2. The second-order valence-electron chi connectivity index (χ2n) is 5.66. The molecule has 2 aromatic rings. The number of fused-ring (bicyclic) bond motifs is 1. The molecule has 0 unspecified atom stereocenters. The number of rotatable bonds is 2. The zero-order valence-electron chi connectivity index (χ0n) is 13.3. The quantitative estimate of drug-likeness (QED) is 0.877. The molecule has 23 heavy (non-hydrogen) atoms. The van der Waals surface area contributed by atoms with Gasteiger partial charge in [-0.15, -0.1) is 11.8 Å². The molecule has 0 radical (unpaired) electrons. The van der Waals surface area contributed by atoms with Crippen LogP contribution in [-0.4, -0.2) is 17.1 Å². The minimum Gasteiger partial charge on any atom is -0.324 e. The molecule has 0 bridgehead atoms. The van der Waals surface area contributed by atoms with Gasteiger partial charge in [-0.25, -0.2) is 0 Å². The Labute approximate surface area is 139 Å². The Balaban J connectivity index is 1.85. The highest BCUT2D eigenvalue weighted by molar-refractivity contribution is 8.00.